The molecule has 0 radical (unpaired) electrons. The van der Waals surface area contributed by atoms with E-state index in [1.54, 1.807) is 0 Å². The molecule has 2 rings (SSSR count). The van der Waals surface area contributed by atoms with Crippen LogP contribution in [-0.2, 0) is 9.59 Å². The molecule has 140 valence electrons. The number of ether oxygens (including phenoxy) is 1. The molecule has 6 nitrogen and oxygen atoms in total. The highest BCUT2D eigenvalue weighted by Crippen LogP contribution is 2.27. The summed E-state index contributed by atoms with van der Waals surface area (Å²) in [5, 5.41) is 9.22. The Morgan fingerprint density at radius 1 is 1.28 bits per heavy atom. The summed E-state index contributed by atoms with van der Waals surface area (Å²) in [5.41, 5.74) is 0.829. The number of carbonyl (C=O) groups excluding carboxylic acids is 2. The Balaban J connectivity index is 0.00000312. The van der Waals surface area contributed by atoms with Gasteiger partial charge < -0.3 is 20.7 Å². The third-order valence-corrected chi connectivity index (χ3v) is 4.07. The highest BCUT2D eigenvalue weighted by atomic mass is 35.5. The lowest BCUT2D eigenvalue weighted by molar-refractivity contribution is -0.123. The number of para-hydroxylation sites is 1. The van der Waals surface area contributed by atoms with Crippen molar-refractivity contribution in [3.63, 3.8) is 0 Å². The van der Waals surface area contributed by atoms with Crippen LogP contribution in [0.2, 0.25) is 0 Å². The van der Waals surface area contributed by atoms with Gasteiger partial charge in [-0.3, -0.25) is 9.59 Å². The number of nitrogens with one attached hydrogen (secondary N) is 3. The minimum Gasteiger partial charge on any atom is -0.494 e. The Morgan fingerprint density at radius 3 is 2.60 bits per heavy atom. The molecule has 0 spiro atoms. The number of piperidine rings is 1. The molecular formula is C18H28ClN3O3. The van der Waals surface area contributed by atoms with E-state index in [1.807, 2.05) is 31.2 Å². The number of amides is 2. The second-order valence-corrected chi connectivity index (χ2v) is 6.02. The maximum absolute atomic E-state index is 12.4. The fraction of sp³-hybridized carbons (Fsp3) is 0.556. The van der Waals surface area contributed by atoms with Crippen molar-refractivity contribution in [3.05, 3.63) is 29.8 Å². The number of benzene rings is 1. The fourth-order valence-corrected chi connectivity index (χ4v) is 2.98. The van der Waals surface area contributed by atoms with Gasteiger partial charge in [0.05, 0.1) is 19.1 Å². The summed E-state index contributed by atoms with van der Waals surface area (Å²) in [7, 11) is 0. The van der Waals surface area contributed by atoms with Crippen LogP contribution >= 0.6 is 12.4 Å². The van der Waals surface area contributed by atoms with Gasteiger partial charge in [0.2, 0.25) is 11.8 Å². The van der Waals surface area contributed by atoms with E-state index in [1.165, 1.54) is 6.92 Å². The Labute approximate surface area is 155 Å². The normalized spacial score (nSPS) is 15.6. The Kier molecular flexibility index (Phi) is 9.31. The molecule has 7 heteroatoms. The van der Waals surface area contributed by atoms with Crippen molar-refractivity contribution in [2.24, 2.45) is 0 Å². The van der Waals surface area contributed by atoms with Crippen molar-refractivity contribution < 1.29 is 14.3 Å². The maximum atomic E-state index is 12.4. The zero-order valence-corrected chi connectivity index (χ0v) is 15.7. The molecule has 1 aromatic carbocycles. The monoisotopic (exact) mass is 369 g/mol. The van der Waals surface area contributed by atoms with Crippen molar-refractivity contribution >= 4 is 24.2 Å². The van der Waals surface area contributed by atoms with E-state index in [0.29, 0.717) is 12.4 Å². The molecule has 1 aliphatic rings. The molecule has 0 aliphatic carbocycles. The minimum atomic E-state index is -0.396. The van der Waals surface area contributed by atoms with E-state index in [0.717, 1.165) is 31.5 Å². The van der Waals surface area contributed by atoms with E-state index in [4.69, 9.17) is 4.74 Å². The highest BCUT2D eigenvalue weighted by molar-refractivity contribution is 5.85. The molecule has 0 saturated carbocycles. The second-order valence-electron chi connectivity index (χ2n) is 6.02. The quantitative estimate of drug-likeness (QED) is 0.686. The van der Waals surface area contributed by atoms with Crippen molar-refractivity contribution in [1.82, 2.24) is 16.0 Å². The third kappa shape index (κ3) is 6.92. The highest BCUT2D eigenvalue weighted by Gasteiger charge is 2.22. The van der Waals surface area contributed by atoms with Crippen molar-refractivity contribution in [2.45, 2.75) is 45.2 Å². The van der Waals surface area contributed by atoms with Crippen LogP contribution in [0.5, 0.6) is 5.75 Å². The zero-order valence-electron chi connectivity index (χ0n) is 14.8. The first kappa shape index (κ1) is 21.3. The first-order valence-electron chi connectivity index (χ1n) is 8.59. The van der Waals surface area contributed by atoms with Gasteiger partial charge in [-0.1, -0.05) is 18.2 Å². The van der Waals surface area contributed by atoms with Gasteiger partial charge in [0.1, 0.15) is 5.75 Å². The smallest absolute Gasteiger partial charge is 0.222 e. The van der Waals surface area contributed by atoms with Crippen LogP contribution in [0.3, 0.4) is 0 Å². The topological polar surface area (TPSA) is 79.5 Å². The molecule has 25 heavy (non-hydrogen) atoms. The van der Waals surface area contributed by atoms with E-state index in [-0.39, 0.29) is 36.7 Å². The second kappa shape index (κ2) is 10.9. The van der Waals surface area contributed by atoms with Gasteiger partial charge in [0, 0.05) is 18.5 Å². The molecule has 2 amide bonds. The minimum absolute atomic E-state index is 0. The van der Waals surface area contributed by atoms with Gasteiger partial charge in [0.25, 0.3) is 0 Å². The first-order chi connectivity index (χ1) is 11.6. The molecule has 1 unspecified atom stereocenters. The molecule has 1 saturated heterocycles. The van der Waals surface area contributed by atoms with Gasteiger partial charge in [0.15, 0.2) is 0 Å². The van der Waals surface area contributed by atoms with Crippen LogP contribution in [0.15, 0.2) is 24.3 Å². The molecular weight excluding hydrogens is 342 g/mol. The van der Waals surface area contributed by atoms with Crippen molar-refractivity contribution in [1.29, 1.82) is 0 Å². The van der Waals surface area contributed by atoms with Gasteiger partial charge in [-0.05, 0) is 38.9 Å². The summed E-state index contributed by atoms with van der Waals surface area (Å²) in [6.07, 6.45) is 2.08. The van der Waals surface area contributed by atoms with E-state index in [9.17, 15) is 9.59 Å². The van der Waals surface area contributed by atoms with Crippen LogP contribution in [0.25, 0.3) is 0 Å². The number of rotatable bonds is 7. The van der Waals surface area contributed by atoms with Crippen molar-refractivity contribution in [2.75, 3.05) is 19.7 Å². The lowest BCUT2D eigenvalue weighted by Crippen LogP contribution is -2.43. The number of hydrogen-bond acceptors (Lipinski definition) is 4. The average molecular weight is 370 g/mol. The largest absolute Gasteiger partial charge is 0.494 e. The zero-order chi connectivity index (χ0) is 17.4. The van der Waals surface area contributed by atoms with Gasteiger partial charge in [-0.25, -0.2) is 0 Å². The summed E-state index contributed by atoms with van der Waals surface area (Å²) >= 11 is 0. The molecule has 1 aliphatic heterocycles. The summed E-state index contributed by atoms with van der Waals surface area (Å²) < 4.78 is 5.64. The summed E-state index contributed by atoms with van der Waals surface area (Å²) in [6, 6.07) is 7.33. The van der Waals surface area contributed by atoms with Gasteiger partial charge in [-0.2, -0.15) is 0 Å². The molecule has 0 bridgehead atoms. The Bertz CT molecular complexity index is 562. The van der Waals surface area contributed by atoms with Crippen LogP contribution in [-0.4, -0.2) is 37.6 Å². The first-order valence-corrected chi connectivity index (χ1v) is 8.59. The average Bonchev–Trinajstić information content (AvgIpc) is 2.55. The lowest BCUT2D eigenvalue weighted by atomic mass is 10.0. The van der Waals surface area contributed by atoms with Crippen LogP contribution in [0.4, 0.5) is 0 Å². The third-order valence-electron chi connectivity index (χ3n) is 4.07. The van der Waals surface area contributed by atoms with Crippen LogP contribution < -0.4 is 20.7 Å². The van der Waals surface area contributed by atoms with E-state index < -0.39 is 6.04 Å². The number of halogens is 1. The molecule has 1 heterocycles. The van der Waals surface area contributed by atoms with Crippen molar-refractivity contribution in [3.8, 4) is 5.75 Å². The van der Waals surface area contributed by atoms with Crippen LogP contribution in [0, 0.1) is 0 Å². The summed E-state index contributed by atoms with van der Waals surface area (Å²) in [4.78, 5) is 24.0. The standard InChI is InChI=1S/C18H27N3O3.ClH/c1-3-24-17-7-5-4-6-15(17)16(20-13(2)22)12-18(23)21-14-8-10-19-11-9-14;/h4-7,14,16,19H,3,8-12H2,1-2H3,(H,20,22)(H,21,23);1H. The Morgan fingerprint density at radius 2 is 1.96 bits per heavy atom. The SMILES string of the molecule is CCOc1ccccc1C(CC(=O)NC1CCNCC1)NC(C)=O.Cl. The maximum Gasteiger partial charge on any atom is 0.222 e. The summed E-state index contributed by atoms with van der Waals surface area (Å²) in [6.45, 7) is 5.75. The molecule has 1 aromatic rings. The fourth-order valence-electron chi connectivity index (χ4n) is 2.98. The number of hydrogen-bond donors (Lipinski definition) is 3. The Hall–Kier alpha value is -1.79. The molecule has 1 atom stereocenters. The lowest BCUT2D eigenvalue weighted by Gasteiger charge is -2.25. The molecule has 3 N–H and O–H groups in total. The molecule has 0 aromatic heterocycles. The van der Waals surface area contributed by atoms with Gasteiger partial charge >= 0.3 is 0 Å². The molecule has 1 fully saturated rings. The van der Waals surface area contributed by atoms with Crippen LogP contribution in [0.1, 0.15) is 44.7 Å². The van der Waals surface area contributed by atoms with E-state index in [2.05, 4.69) is 16.0 Å². The van der Waals surface area contributed by atoms with Gasteiger partial charge in [-0.15, -0.1) is 12.4 Å². The number of carbonyl (C=O) groups is 2. The predicted octanol–water partition coefficient (Wildman–Crippen LogP) is 1.94. The van der Waals surface area contributed by atoms with E-state index >= 15 is 0 Å². The predicted molar refractivity (Wildman–Crippen MR) is 100 cm³/mol. The summed E-state index contributed by atoms with van der Waals surface area (Å²) in [5.74, 6) is 0.487.